The van der Waals surface area contributed by atoms with Gasteiger partial charge in [-0.3, -0.25) is 5.21 Å². The zero-order chi connectivity index (χ0) is 14.4. The molecule has 2 amide bonds. The predicted octanol–water partition coefficient (Wildman–Crippen LogP) is 2.31. The molecule has 0 aliphatic heterocycles. The van der Waals surface area contributed by atoms with E-state index >= 15 is 0 Å². The fourth-order valence-corrected chi connectivity index (χ4v) is 1.72. The molecule has 2 rings (SSSR count). The zero-order valence-electron chi connectivity index (χ0n) is 10.8. The first-order chi connectivity index (χ1) is 9.66. The Morgan fingerprint density at radius 3 is 2.65 bits per heavy atom. The van der Waals surface area contributed by atoms with E-state index in [0.29, 0.717) is 17.4 Å². The van der Waals surface area contributed by atoms with Crippen LogP contribution < -0.4 is 5.73 Å². The van der Waals surface area contributed by atoms with Crippen molar-refractivity contribution in [2.75, 3.05) is 6.54 Å². The molecule has 0 radical (unpaired) electrons. The molecule has 0 saturated heterocycles. The molecule has 1 aromatic carbocycles. The number of rotatable bonds is 6. The number of hydrogen-bond acceptors (Lipinski definition) is 4. The van der Waals surface area contributed by atoms with Crippen molar-refractivity contribution in [3.05, 3.63) is 60.1 Å². The Balaban J connectivity index is 2.01. The van der Waals surface area contributed by atoms with Gasteiger partial charge in [-0.1, -0.05) is 30.3 Å². The Hall–Kier alpha value is -2.31. The van der Waals surface area contributed by atoms with Gasteiger partial charge in [-0.25, -0.2) is 9.86 Å². The number of amides is 2. The molecule has 6 nitrogen and oxygen atoms in total. The summed E-state index contributed by atoms with van der Waals surface area (Å²) in [6.07, 6.45) is 0.905. The summed E-state index contributed by atoms with van der Waals surface area (Å²) in [5.74, 6) is 0.515. The number of benzene rings is 1. The molecule has 1 unspecified atom stereocenters. The van der Waals surface area contributed by atoms with Crippen LogP contribution in [0.5, 0.6) is 0 Å². The van der Waals surface area contributed by atoms with Crippen molar-refractivity contribution in [3.8, 4) is 0 Å². The molecule has 0 aliphatic carbocycles. The standard InChI is InChI=1S/C14H16N2O4/c15-14(17)16(18)9-13(12-7-4-8-19-12)20-10-11-5-2-1-3-6-11/h1-8,13,18H,9-10H2,(H2,15,17). The summed E-state index contributed by atoms with van der Waals surface area (Å²) in [6.45, 7) is 0.231. The second-order valence-electron chi connectivity index (χ2n) is 4.22. The summed E-state index contributed by atoms with van der Waals surface area (Å²) in [4.78, 5) is 10.9. The van der Waals surface area contributed by atoms with Crippen LogP contribution in [0.3, 0.4) is 0 Å². The van der Waals surface area contributed by atoms with E-state index in [1.165, 1.54) is 6.26 Å². The molecular weight excluding hydrogens is 260 g/mol. The quantitative estimate of drug-likeness (QED) is 0.626. The smallest absolute Gasteiger partial charge is 0.338 e. The van der Waals surface area contributed by atoms with Crippen LogP contribution in [0.1, 0.15) is 17.4 Å². The number of furan rings is 1. The number of nitrogens with two attached hydrogens (primary N) is 1. The fourth-order valence-electron chi connectivity index (χ4n) is 1.72. The largest absolute Gasteiger partial charge is 0.467 e. The van der Waals surface area contributed by atoms with Crippen LogP contribution >= 0.6 is 0 Å². The van der Waals surface area contributed by atoms with Crippen LogP contribution in [0.4, 0.5) is 4.79 Å². The van der Waals surface area contributed by atoms with E-state index in [2.05, 4.69) is 0 Å². The van der Waals surface area contributed by atoms with Crippen molar-refractivity contribution in [2.24, 2.45) is 5.73 Å². The summed E-state index contributed by atoms with van der Waals surface area (Å²) >= 11 is 0. The number of carbonyl (C=O) groups is 1. The van der Waals surface area contributed by atoms with Gasteiger partial charge in [0.2, 0.25) is 0 Å². The maximum Gasteiger partial charge on any atom is 0.338 e. The molecule has 3 N–H and O–H groups in total. The average Bonchev–Trinajstić information content (AvgIpc) is 2.98. The molecule has 20 heavy (non-hydrogen) atoms. The van der Waals surface area contributed by atoms with Gasteiger partial charge in [0.05, 0.1) is 19.4 Å². The van der Waals surface area contributed by atoms with Crippen molar-refractivity contribution < 1.29 is 19.2 Å². The lowest BCUT2D eigenvalue weighted by Crippen LogP contribution is -2.36. The molecule has 0 fully saturated rings. The van der Waals surface area contributed by atoms with Crippen molar-refractivity contribution in [1.29, 1.82) is 0 Å². The Bertz CT molecular complexity index is 527. The number of hydrogen-bond donors (Lipinski definition) is 2. The van der Waals surface area contributed by atoms with Gasteiger partial charge in [0.25, 0.3) is 0 Å². The van der Waals surface area contributed by atoms with Gasteiger partial charge in [0.15, 0.2) is 0 Å². The van der Waals surface area contributed by atoms with E-state index in [9.17, 15) is 10.0 Å². The highest BCUT2D eigenvalue weighted by Crippen LogP contribution is 2.20. The molecule has 6 heteroatoms. The molecule has 1 heterocycles. The predicted molar refractivity (Wildman–Crippen MR) is 70.8 cm³/mol. The SMILES string of the molecule is NC(=O)N(O)CC(OCc1ccccc1)c1ccco1. The minimum Gasteiger partial charge on any atom is -0.467 e. The molecule has 2 aromatic rings. The molecule has 1 atom stereocenters. The van der Waals surface area contributed by atoms with E-state index in [4.69, 9.17) is 14.9 Å². The van der Waals surface area contributed by atoms with Crippen LogP contribution in [0, 0.1) is 0 Å². The minimum atomic E-state index is -0.940. The van der Waals surface area contributed by atoms with Crippen molar-refractivity contribution in [2.45, 2.75) is 12.7 Å². The Labute approximate surface area is 116 Å². The molecular formula is C14H16N2O4. The summed E-state index contributed by atoms with van der Waals surface area (Å²) in [6, 6.07) is 12.0. The summed E-state index contributed by atoms with van der Waals surface area (Å²) in [5, 5.41) is 9.83. The number of ether oxygens (including phenoxy) is 1. The second-order valence-corrected chi connectivity index (χ2v) is 4.22. The van der Waals surface area contributed by atoms with Gasteiger partial charge in [0, 0.05) is 0 Å². The van der Waals surface area contributed by atoms with Crippen molar-refractivity contribution >= 4 is 6.03 Å². The van der Waals surface area contributed by atoms with Gasteiger partial charge in [-0.05, 0) is 17.7 Å². The highest BCUT2D eigenvalue weighted by molar-refractivity contribution is 5.70. The van der Waals surface area contributed by atoms with Crippen LogP contribution in [0.15, 0.2) is 53.1 Å². The van der Waals surface area contributed by atoms with Crippen molar-refractivity contribution in [1.82, 2.24) is 5.06 Å². The number of hydroxylamine groups is 2. The van der Waals surface area contributed by atoms with E-state index in [-0.39, 0.29) is 6.54 Å². The number of carbonyl (C=O) groups excluding carboxylic acids is 1. The topological polar surface area (TPSA) is 88.9 Å². The number of urea groups is 1. The van der Waals surface area contributed by atoms with Crippen LogP contribution in [0.2, 0.25) is 0 Å². The molecule has 1 aromatic heterocycles. The Morgan fingerprint density at radius 1 is 1.30 bits per heavy atom. The molecule has 106 valence electrons. The highest BCUT2D eigenvalue weighted by atomic mass is 16.5. The highest BCUT2D eigenvalue weighted by Gasteiger charge is 2.20. The fraction of sp³-hybridized carbons (Fsp3) is 0.214. The minimum absolute atomic E-state index is 0.102. The van der Waals surface area contributed by atoms with E-state index in [1.807, 2.05) is 30.3 Å². The lowest BCUT2D eigenvalue weighted by atomic mass is 10.2. The van der Waals surface area contributed by atoms with Crippen LogP contribution in [-0.4, -0.2) is 22.8 Å². The lowest BCUT2D eigenvalue weighted by molar-refractivity contribution is -0.0899. The van der Waals surface area contributed by atoms with Crippen LogP contribution in [0.25, 0.3) is 0 Å². The maximum absolute atomic E-state index is 10.9. The molecule has 0 spiro atoms. The number of primary amides is 1. The van der Waals surface area contributed by atoms with Crippen LogP contribution in [-0.2, 0) is 11.3 Å². The third-order valence-electron chi connectivity index (χ3n) is 2.75. The van der Waals surface area contributed by atoms with Gasteiger partial charge < -0.3 is 14.9 Å². The first-order valence-electron chi connectivity index (χ1n) is 6.11. The molecule has 0 saturated carbocycles. The maximum atomic E-state index is 10.9. The normalized spacial score (nSPS) is 12.1. The van der Waals surface area contributed by atoms with E-state index in [0.717, 1.165) is 5.56 Å². The van der Waals surface area contributed by atoms with Gasteiger partial charge >= 0.3 is 6.03 Å². The van der Waals surface area contributed by atoms with Gasteiger partial charge in [-0.2, -0.15) is 0 Å². The summed E-state index contributed by atoms with van der Waals surface area (Å²) in [7, 11) is 0. The number of nitrogens with zero attached hydrogens (tertiary/aromatic N) is 1. The first kappa shape index (κ1) is 14.1. The molecule has 0 bridgehead atoms. The van der Waals surface area contributed by atoms with E-state index < -0.39 is 12.1 Å². The monoisotopic (exact) mass is 276 g/mol. The Kier molecular flexibility index (Phi) is 4.75. The zero-order valence-corrected chi connectivity index (χ0v) is 10.8. The summed E-state index contributed by atoms with van der Waals surface area (Å²) < 4.78 is 10.9. The van der Waals surface area contributed by atoms with E-state index in [1.54, 1.807) is 12.1 Å². The Morgan fingerprint density at radius 2 is 2.05 bits per heavy atom. The van der Waals surface area contributed by atoms with Gasteiger partial charge in [-0.15, -0.1) is 0 Å². The van der Waals surface area contributed by atoms with Crippen molar-refractivity contribution in [3.63, 3.8) is 0 Å². The second kappa shape index (κ2) is 6.74. The first-order valence-corrected chi connectivity index (χ1v) is 6.11. The lowest BCUT2D eigenvalue weighted by Gasteiger charge is -2.20. The third kappa shape index (κ3) is 3.84. The summed E-state index contributed by atoms with van der Waals surface area (Å²) in [5.41, 5.74) is 5.98. The molecule has 0 aliphatic rings. The van der Waals surface area contributed by atoms with Gasteiger partial charge in [0.1, 0.15) is 11.9 Å². The average molecular weight is 276 g/mol. The third-order valence-corrected chi connectivity index (χ3v) is 2.75.